The molecule has 5 nitrogen and oxygen atoms in total. The molecule has 1 fully saturated rings. The first kappa shape index (κ1) is 13.8. The van der Waals surface area contributed by atoms with Gasteiger partial charge in [0.1, 0.15) is 0 Å². The molecule has 5 heteroatoms. The van der Waals surface area contributed by atoms with Crippen molar-refractivity contribution in [3.8, 4) is 0 Å². The SMILES string of the molecule is CC(C)(C)CC(=O)N1CCCCC1C(N)=NO. The number of oxime groups is 1. The number of piperidine rings is 1. The van der Waals surface area contributed by atoms with Gasteiger partial charge < -0.3 is 15.8 Å². The van der Waals surface area contributed by atoms with Gasteiger partial charge >= 0.3 is 0 Å². The minimum atomic E-state index is -0.233. The van der Waals surface area contributed by atoms with Crippen molar-refractivity contribution in [1.29, 1.82) is 0 Å². The number of hydrogen-bond donors (Lipinski definition) is 2. The molecule has 17 heavy (non-hydrogen) atoms. The van der Waals surface area contributed by atoms with Gasteiger partial charge in [0.2, 0.25) is 5.91 Å². The second kappa shape index (κ2) is 5.38. The fraction of sp³-hybridized carbons (Fsp3) is 0.833. The normalized spacial score (nSPS) is 22.6. The third-order valence-corrected chi connectivity index (χ3v) is 2.96. The summed E-state index contributed by atoms with van der Waals surface area (Å²) in [6, 6.07) is -0.233. The molecule has 1 aliphatic heterocycles. The Morgan fingerprint density at radius 2 is 2.12 bits per heavy atom. The molecule has 0 aromatic heterocycles. The van der Waals surface area contributed by atoms with Gasteiger partial charge in [-0.25, -0.2) is 0 Å². The first-order valence-corrected chi connectivity index (χ1v) is 6.12. The van der Waals surface area contributed by atoms with Crippen LogP contribution in [0.25, 0.3) is 0 Å². The molecular weight excluding hydrogens is 218 g/mol. The molecule has 0 spiro atoms. The smallest absolute Gasteiger partial charge is 0.223 e. The molecule has 0 aliphatic carbocycles. The Balaban J connectivity index is 2.75. The summed E-state index contributed by atoms with van der Waals surface area (Å²) in [5, 5.41) is 11.8. The Morgan fingerprint density at radius 3 is 2.65 bits per heavy atom. The zero-order valence-electron chi connectivity index (χ0n) is 10.9. The van der Waals surface area contributed by atoms with Crippen LogP contribution >= 0.6 is 0 Å². The summed E-state index contributed by atoms with van der Waals surface area (Å²) in [6.07, 6.45) is 3.28. The minimum absolute atomic E-state index is 0.0375. The number of carbonyl (C=O) groups is 1. The number of nitrogens with two attached hydrogens (primary N) is 1. The number of likely N-dealkylation sites (tertiary alicyclic amines) is 1. The van der Waals surface area contributed by atoms with Gasteiger partial charge in [-0.05, 0) is 24.7 Å². The van der Waals surface area contributed by atoms with Gasteiger partial charge in [-0.1, -0.05) is 25.9 Å². The summed E-state index contributed by atoms with van der Waals surface area (Å²) in [4.78, 5) is 13.9. The zero-order valence-corrected chi connectivity index (χ0v) is 10.9. The lowest BCUT2D eigenvalue weighted by Crippen LogP contribution is -2.51. The lowest BCUT2D eigenvalue weighted by atomic mass is 9.90. The van der Waals surface area contributed by atoms with E-state index in [4.69, 9.17) is 10.9 Å². The summed E-state index contributed by atoms with van der Waals surface area (Å²) < 4.78 is 0. The highest BCUT2D eigenvalue weighted by Gasteiger charge is 2.31. The summed E-state index contributed by atoms with van der Waals surface area (Å²) >= 11 is 0. The molecule has 0 aromatic carbocycles. The van der Waals surface area contributed by atoms with Crippen LogP contribution in [0.15, 0.2) is 5.16 Å². The van der Waals surface area contributed by atoms with Crippen LogP contribution in [0, 0.1) is 5.41 Å². The highest BCUT2D eigenvalue weighted by atomic mass is 16.4. The molecular formula is C12H23N3O2. The molecule has 98 valence electrons. The van der Waals surface area contributed by atoms with Gasteiger partial charge in [-0.3, -0.25) is 4.79 Å². The number of amidine groups is 1. The molecule has 1 unspecified atom stereocenters. The van der Waals surface area contributed by atoms with Crippen molar-refractivity contribution in [2.75, 3.05) is 6.54 Å². The van der Waals surface area contributed by atoms with Crippen molar-refractivity contribution in [3.63, 3.8) is 0 Å². The maximum Gasteiger partial charge on any atom is 0.223 e. The Hall–Kier alpha value is -1.26. The van der Waals surface area contributed by atoms with E-state index in [1.165, 1.54) is 0 Å². The van der Waals surface area contributed by atoms with E-state index >= 15 is 0 Å². The van der Waals surface area contributed by atoms with E-state index in [2.05, 4.69) is 5.16 Å². The van der Waals surface area contributed by atoms with Gasteiger partial charge in [0.15, 0.2) is 5.84 Å². The maximum absolute atomic E-state index is 12.2. The fourth-order valence-electron chi connectivity index (χ4n) is 2.16. The van der Waals surface area contributed by atoms with Gasteiger partial charge in [0.05, 0.1) is 6.04 Å². The van der Waals surface area contributed by atoms with Crippen molar-refractivity contribution >= 4 is 11.7 Å². The van der Waals surface area contributed by atoms with E-state index in [1.54, 1.807) is 4.90 Å². The monoisotopic (exact) mass is 241 g/mol. The van der Waals surface area contributed by atoms with Crippen LogP contribution in [-0.4, -0.2) is 34.4 Å². The van der Waals surface area contributed by atoms with Gasteiger partial charge in [0.25, 0.3) is 0 Å². The van der Waals surface area contributed by atoms with Crippen molar-refractivity contribution in [2.24, 2.45) is 16.3 Å². The summed E-state index contributed by atoms with van der Waals surface area (Å²) in [5.41, 5.74) is 5.61. The zero-order chi connectivity index (χ0) is 13.1. The molecule has 1 amide bonds. The summed E-state index contributed by atoms with van der Waals surface area (Å²) in [7, 11) is 0. The molecule has 0 radical (unpaired) electrons. The van der Waals surface area contributed by atoms with Crippen LogP contribution in [0.3, 0.4) is 0 Å². The van der Waals surface area contributed by atoms with Crippen LogP contribution in [0.4, 0.5) is 0 Å². The van der Waals surface area contributed by atoms with Crippen LogP contribution in [-0.2, 0) is 4.79 Å². The lowest BCUT2D eigenvalue weighted by molar-refractivity contribution is -0.135. The Morgan fingerprint density at radius 1 is 1.47 bits per heavy atom. The van der Waals surface area contributed by atoms with Gasteiger partial charge in [0, 0.05) is 13.0 Å². The molecule has 1 heterocycles. The molecule has 0 bridgehead atoms. The van der Waals surface area contributed by atoms with Gasteiger partial charge in [-0.2, -0.15) is 0 Å². The topological polar surface area (TPSA) is 78.9 Å². The second-order valence-electron chi connectivity index (χ2n) is 5.86. The molecule has 0 saturated carbocycles. The summed E-state index contributed by atoms with van der Waals surface area (Å²) in [6.45, 7) is 6.81. The van der Waals surface area contributed by atoms with Crippen molar-refractivity contribution in [2.45, 2.75) is 52.5 Å². The van der Waals surface area contributed by atoms with E-state index in [1.807, 2.05) is 20.8 Å². The number of carbonyl (C=O) groups excluding carboxylic acids is 1. The third kappa shape index (κ3) is 3.91. The Labute approximate surface area is 103 Å². The standard InChI is InChI=1S/C12H23N3O2/c1-12(2,3)8-10(16)15-7-5-4-6-9(15)11(13)14-17/h9,17H,4-8H2,1-3H3,(H2,13,14). The van der Waals surface area contributed by atoms with Crippen LogP contribution in [0.1, 0.15) is 46.5 Å². The second-order valence-corrected chi connectivity index (χ2v) is 5.86. The molecule has 1 aliphatic rings. The van der Waals surface area contributed by atoms with Crippen molar-refractivity contribution in [3.05, 3.63) is 0 Å². The largest absolute Gasteiger partial charge is 0.409 e. The molecule has 3 N–H and O–H groups in total. The predicted molar refractivity (Wildman–Crippen MR) is 66.8 cm³/mol. The number of amides is 1. The Bertz CT molecular complexity index is 307. The quantitative estimate of drug-likeness (QED) is 0.333. The highest BCUT2D eigenvalue weighted by Crippen LogP contribution is 2.24. The van der Waals surface area contributed by atoms with E-state index in [0.717, 1.165) is 19.3 Å². The molecule has 1 rings (SSSR count). The minimum Gasteiger partial charge on any atom is -0.409 e. The number of hydrogen-bond acceptors (Lipinski definition) is 3. The van der Waals surface area contributed by atoms with Crippen LogP contribution < -0.4 is 5.73 Å². The molecule has 1 saturated heterocycles. The molecule has 0 aromatic rings. The third-order valence-electron chi connectivity index (χ3n) is 2.96. The fourth-order valence-corrected chi connectivity index (χ4v) is 2.16. The highest BCUT2D eigenvalue weighted by molar-refractivity contribution is 5.90. The number of nitrogens with zero attached hydrogens (tertiary/aromatic N) is 2. The lowest BCUT2D eigenvalue weighted by Gasteiger charge is -2.36. The van der Waals surface area contributed by atoms with Crippen LogP contribution in [0.2, 0.25) is 0 Å². The predicted octanol–water partition coefficient (Wildman–Crippen LogP) is 1.55. The van der Waals surface area contributed by atoms with E-state index in [9.17, 15) is 4.79 Å². The van der Waals surface area contributed by atoms with Crippen LogP contribution in [0.5, 0.6) is 0 Å². The Kier molecular flexibility index (Phi) is 4.37. The average Bonchev–Trinajstić information content (AvgIpc) is 2.25. The maximum atomic E-state index is 12.2. The first-order chi connectivity index (χ1) is 7.85. The van der Waals surface area contributed by atoms with E-state index in [-0.39, 0.29) is 23.2 Å². The van der Waals surface area contributed by atoms with Crippen molar-refractivity contribution in [1.82, 2.24) is 4.90 Å². The first-order valence-electron chi connectivity index (χ1n) is 6.12. The van der Waals surface area contributed by atoms with E-state index in [0.29, 0.717) is 13.0 Å². The summed E-state index contributed by atoms with van der Waals surface area (Å²) in [5.74, 6) is 0.237. The van der Waals surface area contributed by atoms with E-state index < -0.39 is 0 Å². The van der Waals surface area contributed by atoms with Crippen molar-refractivity contribution < 1.29 is 10.0 Å². The number of rotatable bonds is 2. The molecule has 1 atom stereocenters. The van der Waals surface area contributed by atoms with Gasteiger partial charge in [-0.15, -0.1) is 0 Å². The average molecular weight is 241 g/mol.